The van der Waals surface area contributed by atoms with Crippen LogP contribution in [0.15, 0.2) is 48.7 Å². The van der Waals surface area contributed by atoms with E-state index in [2.05, 4.69) is 10.3 Å². The van der Waals surface area contributed by atoms with Gasteiger partial charge in [0.2, 0.25) is 5.91 Å². The number of carbonyl (C=O) groups is 2. The summed E-state index contributed by atoms with van der Waals surface area (Å²) in [6.07, 6.45) is 1.78. The van der Waals surface area contributed by atoms with E-state index in [9.17, 15) is 9.59 Å². The summed E-state index contributed by atoms with van der Waals surface area (Å²) in [5, 5.41) is 3.14. The molecule has 2 amide bonds. The first-order valence-corrected chi connectivity index (χ1v) is 6.69. The van der Waals surface area contributed by atoms with Crippen LogP contribution in [0.3, 0.4) is 0 Å². The van der Waals surface area contributed by atoms with Crippen molar-refractivity contribution in [3.05, 3.63) is 64.9 Å². The van der Waals surface area contributed by atoms with Crippen molar-refractivity contribution in [1.29, 1.82) is 0 Å². The van der Waals surface area contributed by atoms with Crippen LogP contribution in [0.5, 0.6) is 0 Å². The van der Waals surface area contributed by atoms with Gasteiger partial charge >= 0.3 is 0 Å². The van der Waals surface area contributed by atoms with Gasteiger partial charge in [0.05, 0.1) is 0 Å². The van der Waals surface area contributed by atoms with Crippen molar-refractivity contribution < 1.29 is 9.59 Å². The van der Waals surface area contributed by atoms with E-state index in [1.54, 1.807) is 36.4 Å². The van der Waals surface area contributed by atoms with Gasteiger partial charge in [-0.3, -0.25) is 14.6 Å². The highest BCUT2D eigenvalue weighted by molar-refractivity contribution is 6.30. The monoisotopic (exact) mass is 303 g/mol. The molecule has 0 saturated carbocycles. The molecule has 0 unspecified atom stereocenters. The van der Waals surface area contributed by atoms with E-state index in [1.165, 1.54) is 6.20 Å². The number of hydrogen-bond acceptors (Lipinski definition) is 3. The summed E-state index contributed by atoms with van der Waals surface area (Å²) in [5.41, 5.74) is 6.39. The molecule has 0 spiro atoms. The number of primary amides is 1. The van der Waals surface area contributed by atoms with Gasteiger partial charge in [-0.25, -0.2) is 0 Å². The molecule has 0 saturated heterocycles. The van der Waals surface area contributed by atoms with Crippen LogP contribution in [-0.4, -0.2) is 22.8 Å². The zero-order valence-electron chi connectivity index (χ0n) is 11.1. The predicted molar refractivity (Wildman–Crippen MR) is 79.8 cm³/mol. The van der Waals surface area contributed by atoms with Crippen LogP contribution >= 0.6 is 11.6 Å². The summed E-state index contributed by atoms with van der Waals surface area (Å²) in [6, 6.07) is 11.2. The summed E-state index contributed by atoms with van der Waals surface area (Å²) >= 11 is 5.90. The molecule has 2 aromatic rings. The maximum absolute atomic E-state index is 12.0. The fraction of sp³-hybridized carbons (Fsp3) is 0.133. The first-order chi connectivity index (χ1) is 10.1. The molecule has 0 fully saturated rings. The predicted octanol–water partition coefficient (Wildman–Crippen LogP) is 1.56. The van der Waals surface area contributed by atoms with Gasteiger partial charge < -0.3 is 11.1 Å². The lowest BCUT2D eigenvalue weighted by molar-refractivity contribution is -0.119. The molecule has 5 nitrogen and oxygen atoms in total. The molecule has 1 heterocycles. The molecular formula is C15H14ClN3O2. The number of nitrogens with one attached hydrogen (secondary N) is 1. The minimum absolute atomic E-state index is 0.231. The van der Waals surface area contributed by atoms with Crippen LogP contribution in [0.4, 0.5) is 0 Å². The van der Waals surface area contributed by atoms with Crippen molar-refractivity contribution in [2.24, 2.45) is 5.73 Å². The lowest BCUT2D eigenvalue weighted by atomic mass is 10.1. The van der Waals surface area contributed by atoms with Gasteiger partial charge in [0.25, 0.3) is 5.91 Å². The lowest BCUT2D eigenvalue weighted by Gasteiger charge is -2.15. The normalized spacial score (nSPS) is 11.7. The molecule has 21 heavy (non-hydrogen) atoms. The third-order valence-electron chi connectivity index (χ3n) is 2.88. The second-order valence-corrected chi connectivity index (χ2v) is 4.91. The first-order valence-electron chi connectivity index (χ1n) is 6.32. The van der Waals surface area contributed by atoms with Crippen LogP contribution < -0.4 is 11.1 Å². The Balaban J connectivity index is 2.09. The van der Waals surface area contributed by atoms with E-state index in [-0.39, 0.29) is 12.1 Å². The minimum Gasteiger partial charge on any atom is -0.368 e. The average molecular weight is 304 g/mol. The highest BCUT2D eigenvalue weighted by atomic mass is 35.5. The molecule has 108 valence electrons. The number of nitrogens with zero attached hydrogens (tertiary/aromatic N) is 1. The molecule has 0 bridgehead atoms. The third-order valence-corrected chi connectivity index (χ3v) is 3.11. The second-order valence-electron chi connectivity index (χ2n) is 4.48. The quantitative estimate of drug-likeness (QED) is 0.879. The van der Waals surface area contributed by atoms with Crippen LogP contribution in [0.25, 0.3) is 0 Å². The Morgan fingerprint density at radius 1 is 1.24 bits per heavy atom. The average Bonchev–Trinajstić information content (AvgIpc) is 2.47. The molecule has 0 radical (unpaired) electrons. The van der Waals surface area contributed by atoms with E-state index >= 15 is 0 Å². The Labute approximate surface area is 127 Å². The molecule has 3 N–H and O–H groups in total. The van der Waals surface area contributed by atoms with E-state index in [4.69, 9.17) is 17.3 Å². The molecular weight excluding hydrogens is 290 g/mol. The number of benzene rings is 1. The SMILES string of the molecule is NC(=O)[C@H](Cc1cccc(Cl)c1)NC(=O)c1ccccn1. The van der Waals surface area contributed by atoms with E-state index < -0.39 is 17.9 Å². The van der Waals surface area contributed by atoms with Gasteiger partial charge in [-0.15, -0.1) is 0 Å². The van der Waals surface area contributed by atoms with Gasteiger partial charge in [-0.1, -0.05) is 29.8 Å². The van der Waals surface area contributed by atoms with Crippen molar-refractivity contribution in [3.8, 4) is 0 Å². The van der Waals surface area contributed by atoms with Crippen molar-refractivity contribution >= 4 is 23.4 Å². The Bertz CT molecular complexity index is 646. The van der Waals surface area contributed by atoms with Crippen LogP contribution in [0.2, 0.25) is 5.02 Å². The van der Waals surface area contributed by atoms with E-state index in [0.29, 0.717) is 5.02 Å². The van der Waals surface area contributed by atoms with Crippen molar-refractivity contribution in [2.45, 2.75) is 12.5 Å². The largest absolute Gasteiger partial charge is 0.368 e. The van der Waals surface area contributed by atoms with Crippen molar-refractivity contribution in [3.63, 3.8) is 0 Å². The van der Waals surface area contributed by atoms with E-state index in [1.807, 2.05) is 6.07 Å². The summed E-state index contributed by atoms with van der Waals surface area (Å²) < 4.78 is 0. The number of amides is 2. The minimum atomic E-state index is -0.821. The van der Waals surface area contributed by atoms with Crippen molar-refractivity contribution in [1.82, 2.24) is 10.3 Å². The molecule has 6 heteroatoms. The molecule has 2 rings (SSSR count). The number of halogens is 1. The fourth-order valence-electron chi connectivity index (χ4n) is 1.85. The molecule has 0 aliphatic heterocycles. The van der Waals surface area contributed by atoms with Crippen molar-refractivity contribution in [2.75, 3.05) is 0 Å². The Hall–Kier alpha value is -2.40. The summed E-state index contributed by atoms with van der Waals surface area (Å²) in [6.45, 7) is 0. The first kappa shape index (κ1) is 15.0. The van der Waals surface area contributed by atoms with Crippen LogP contribution in [-0.2, 0) is 11.2 Å². The molecule has 0 aliphatic carbocycles. The molecule has 0 aliphatic rings. The zero-order valence-corrected chi connectivity index (χ0v) is 11.9. The number of pyridine rings is 1. The number of hydrogen-bond donors (Lipinski definition) is 2. The molecule has 1 aromatic heterocycles. The molecule has 1 atom stereocenters. The van der Waals surface area contributed by atoms with Gasteiger partial charge in [0, 0.05) is 17.6 Å². The maximum atomic E-state index is 12.0. The van der Waals surface area contributed by atoms with Crippen LogP contribution in [0, 0.1) is 0 Å². The van der Waals surface area contributed by atoms with Gasteiger partial charge in [-0.2, -0.15) is 0 Å². The highest BCUT2D eigenvalue weighted by Gasteiger charge is 2.20. The lowest BCUT2D eigenvalue weighted by Crippen LogP contribution is -2.46. The molecule has 1 aromatic carbocycles. The number of aromatic nitrogens is 1. The summed E-state index contributed by atoms with van der Waals surface area (Å²) in [5.74, 6) is -1.05. The van der Waals surface area contributed by atoms with Gasteiger partial charge in [0.15, 0.2) is 0 Å². The highest BCUT2D eigenvalue weighted by Crippen LogP contribution is 2.12. The number of nitrogens with two attached hydrogens (primary N) is 1. The van der Waals surface area contributed by atoms with Gasteiger partial charge in [0.1, 0.15) is 11.7 Å². The number of rotatable bonds is 5. The third kappa shape index (κ3) is 4.29. The smallest absolute Gasteiger partial charge is 0.270 e. The number of carbonyl (C=O) groups excluding carboxylic acids is 2. The maximum Gasteiger partial charge on any atom is 0.270 e. The fourth-order valence-corrected chi connectivity index (χ4v) is 2.06. The zero-order chi connectivity index (χ0) is 15.2. The summed E-state index contributed by atoms with van der Waals surface area (Å²) in [7, 11) is 0. The van der Waals surface area contributed by atoms with E-state index in [0.717, 1.165) is 5.56 Å². The Morgan fingerprint density at radius 3 is 2.67 bits per heavy atom. The van der Waals surface area contributed by atoms with Gasteiger partial charge in [-0.05, 0) is 29.8 Å². The Kier molecular flexibility index (Phi) is 4.90. The standard InChI is InChI=1S/C15H14ClN3O2/c16-11-5-3-4-10(8-11)9-13(14(17)20)19-15(21)12-6-1-2-7-18-12/h1-8,13H,9H2,(H2,17,20)(H,19,21)/t13-/m0/s1. The summed E-state index contributed by atoms with van der Waals surface area (Å²) in [4.78, 5) is 27.4. The van der Waals surface area contributed by atoms with Crippen LogP contribution in [0.1, 0.15) is 16.1 Å². The topological polar surface area (TPSA) is 85.1 Å². The second kappa shape index (κ2) is 6.85. The Morgan fingerprint density at radius 2 is 2.05 bits per heavy atom.